The molecule has 0 spiro atoms. The Morgan fingerprint density at radius 1 is 1.82 bits per heavy atom. The van der Waals surface area contributed by atoms with Crippen LogP contribution in [0.15, 0.2) is 0 Å². The van der Waals surface area contributed by atoms with E-state index < -0.39 is 13.0 Å². The summed E-state index contributed by atoms with van der Waals surface area (Å²) in [5.74, 6) is -0.245. The molecule has 11 heavy (non-hydrogen) atoms. The van der Waals surface area contributed by atoms with Crippen LogP contribution in [0, 0.1) is 0 Å². The van der Waals surface area contributed by atoms with Gasteiger partial charge in [0.1, 0.15) is 0 Å². The highest BCUT2D eigenvalue weighted by Crippen LogP contribution is 2.05. The summed E-state index contributed by atoms with van der Waals surface area (Å²) in [7, 11) is 0. The molecule has 0 aromatic heterocycles. The van der Waals surface area contributed by atoms with Crippen LogP contribution in [0.5, 0.6) is 0 Å². The van der Waals surface area contributed by atoms with Crippen molar-refractivity contribution in [2.45, 2.75) is 19.4 Å². The number of rotatable bonds is 2. The van der Waals surface area contributed by atoms with Gasteiger partial charge >= 0.3 is 0 Å². The zero-order valence-electron chi connectivity index (χ0n) is 6.18. The molecule has 0 aromatic carbocycles. The molecule has 1 aliphatic heterocycles. The number of nitrogens with one attached hydrogen (secondary N) is 1. The molecule has 5 heteroatoms. The first-order chi connectivity index (χ1) is 5.11. The Morgan fingerprint density at radius 2 is 2.45 bits per heavy atom. The van der Waals surface area contributed by atoms with Gasteiger partial charge in [0.2, 0.25) is 5.91 Å². The van der Waals surface area contributed by atoms with Crippen molar-refractivity contribution in [2.24, 2.45) is 0 Å². The second-order valence-electron chi connectivity index (χ2n) is 2.54. The SMILES string of the molecule is CC1NCN(CC(F)F)C1=O. The third-order valence-electron chi connectivity index (χ3n) is 1.63. The van der Waals surface area contributed by atoms with Crippen molar-refractivity contribution in [3.63, 3.8) is 0 Å². The van der Waals surface area contributed by atoms with E-state index in [9.17, 15) is 13.6 Å². The van der Waals surface area contributed by atoms with Gasteiger partial charge in [-0.3, -0.25) is 10.1 Å². The molecule has 0 aromatic rings. The average molecular weight is 164 g/mol. The van der Waals surface area contributed by atoms with E-state index >= 15 is 0 Å². The molecule has 0 saturated carbocycles. The first-order valence-electron chi connectivity index (χ1n) is 3.41. The monoisotopic (exact) mass is 164 g/mol. The summed E-state index contributed by atoms with van der Waals surface area (Å²) in [5, 5.41) is 2.77. The molecule has 0 radical (unpaired) electrons. The summed E-state index contributed by atoms with van der Waals surface area (Å²) in [4.78, 5) is 12.1. The minimum absolute atomic E-state index is 0.240. The van der Waals surface area contributed by atoms with E-state index in [1.807, 2.05) is 0 Å². The Hall–Kier alpha value is -0.710. The van der Waals surface area contributed by atoms with Crippen LogP contribution in [0.25, 0.3) is 0 Å². The van der Waals surface area contributed by atoms with Crippen LogP contribution in [-0.4, -0.2) is 36.5 Å². The predicted octanol–water partition coefficient (Wildman–Crippen LogP) is 0.0293. The largest absolute Gasteiger partial charge is 0.323 e. The highest BCUT2D eigenvalue weighted by molar-refractivity contribution is 5.83. The Kier molecular flexibility index (Phi) is 2.38. The Labute approximate surface area is 63.4 Å². The second-order valence-corrected chi connectivity index (χ2v) is 2.54. The maximum atomic E-state index is 11.8. The fourth-order valence-corrected chi connectivity index (χ4v) is 1.01. The number of hydrogen-bond acceptors (Lipinski definition) is 2. The first-order valence-corrected chi connectivity index (χ1v) is 3.41. The number of carbonyl (C=O) groups is 1. The van der Waals surface area contributed by atoms with E-state index in [2.05, 4.69) is 5.32 Å². The van der Waals surface area contributed by atoms with Gasteiger partial charge in [-0.15, -0.1) is 0 Å². The molecule has 64 valence electrons. The van der Waals surface area contributed by atoms with E-state index in [0.717, 1.165) is 4.90 Å². The molecular weight excluding hydrogens is 154 g/mol. The van der Waals surface area contributed by atoms with Gasteiger partial charge in [0.25, 0.3) is 6.43 Å². The van der Waals surface area contributed by atoms with Gasteiger partial charge in [-0.25, -0.2) is 8.78 Å². The minimum Gasteiger partial charge on any atom is -0.323 e. The summed E-state index contributed by atoms with van der Waals surface area (Å²) in [5.41, 5.74) is 0. The van der Waals surface area contributed by atoms with Crippen molar-refractivity contribution in [1.82, 2.24) is 10.2 Å². The minimum atomic E-state index is -2.44. The van der Waals surface area contributed by atoms with E-state index in [-0.39, 0.29) is 18.6 Å². The highest BCUT2D eigenvalue weighted by atomic mass is 19.3. The molecule has 1 fully saturated rings. The van der Waals surface area contributed by atoms with E-state index in [1.54, 1.807) is 6.92 Å². The smallest absolute Gasteiger partial charge is 0.255 e. The lowest BCUT2D eigenvalue weighted by Gasteiger charge is -2.13. The van der Waals surface area contributed by atoms with Gasteiger partial charge in [0.15, 0.2) is 0 Å². The number of hydrogen-bond donors (Lipinski definition) is 1. The van der Waals surface area contributed by atoms with Gasteiger partial charge < -0.3 is 4.90 Å². The maximum absolute atomic E-state index is 11.8. The fraction of sp³-hybridized carbons (Fsp3) is 0.833. The molecule has 1 unspecified atom stereocenters. The van der Waals surface area contributed by atoms with E-state index in [0.29, 0.717) is 0 Å². The van der Waals surface area contributed by atoms with Crippen LogP contribution in [0.2, 0.25) is 0 Å². The first kappa shape index (κ1) is 8.39. The summed E-state index contributed by atoms with van der Waals surface area (Å²) in [6.07, 6.45) is -2.44. The van der Waals surface area contributed by atoms with Gasteiger partial charge in [0, 0.05) is 0 Å². The quantitative estimate of drug-likeness (QED) is 0.624. The van der Waals surface area contributed by atoms with Crippen LogP contribution >= 0.6 is 0 Å². The molecule has 0 bridgehead atoms. The second kappa shape index (κ2) is 3.13. The van der Waals surface area contributed by atoms with Gasteiger partial charge in [-0.1, -0.05) is 0 Å². The average Bonchev–Trinajstić information content (AvgIpc) is 2.18. The van der Waals surface area contributed by atoms with Crippen LogP contribution in [0.1, 0.15) is 6.92 Å². The standard InChI is InChI=1S/C6H10F2N2O/c1-4-6(11)10(3-9-4)2-5(7)8/h4-5,9H,2-3H2,1H3. The van der Waals surface area contributed by atoms with Crippen LogP contribution < -0.4 is 5.32 Å². The van der Waals surface area contributed by atoms with Crippen molar-refractivity contribution >= 4 is 5.91 Å². The summed E-state index contributed by atoms with van der Waals surface area (Å²) in [6, 6.07) is -0.311. The van der Waals surface area contributed by atoms with Gasteiger partial charge in [-0.05, 0) is 6.92 Å². The zero-order valence-corrected chi connectivity index (χ0v) is 6.18. The molecule has 0 aliphatic carbocycles. The third kappa shape index (κ3) is 1.86. The van der Waals surface area contributed by atoms with Crippen molar-refractivity contribution in [3.8, 4) is 0 Å². The van der Waals surface area contributed by atoms with Gasteiger partial charge in [-0.2, -0.15) is 0 Å². The normalized spacial score (nSPS) is 25.3. The molecule has 1 atom stereocenters. The number of alkyl halides is 2. The molecule has 3 nitrogen and oxygen atoms in total. The molecule has 1 aliphatic rings. The Balaban J connectivity index is 2.42. The van der Waals surface area contributed by atoms with Crippen LogP contribution in [-0.2, 0) is 4.79 Å². The lowest BCUT2D eigenvalue weighted by molar-refractivity contribution is -0.130. The molecule has 1 saturated heterocycles. The summed E-state index contributed by atoms with van der Waals surface area (Å²) >= 11 is 0. The van der Waals surface area contributed by atoms with E-state index in [4.69, 9.17) is 0 Å². The zero-order chi connectivity index (χ0) is 8.43. The van der Waals surface area contributed by atoms with Crippen LogP contribution in [0.4, 0.5) is 8.78 Å². The number of nitrogens with zero attached hydrogens (tertiary/aromatic N) is 1. The molecular formula is C6H10F2N2O. The summed E-state index contributed by atoms with van der Waals surface area (Å²) < 4.78 is 23.5. The molecule has 1 N–H and O–H groups in total. The van der Waals surface area contributed by atoms with Gasteiger partial charge in [0.05, 0.1) is 19.3 Å². The van der Waals surface area contributed by atoms with Crippen molar-refractivity contribution < 1.29 is 13.6 Å². The Morgan fingerprint density at radius 3 is 2.82 bits per heavy atom. The fourth-order valence-electron chi connectivity index (χ4n) is 1.01. The molecule has 1 rings (SSSR count). The number of carbonyl (C=O) groups excluding carboxylic acids is 1. The summed E-state index contributed by atoms with van der Waals surface area (Å²) in [6.45, 7) is 1.44. The molecule has 1 heterocycles. The highest BCUT2D eigenvalue weighted by Gasteiger charge is 2.28. The third-order valence-corrected chi connectivity index (χ3v) is 1.63. The number of halogens is 2. The number of amides is 1. The van der Waals surface area contributed by atoms with Crippen molar-refractivity contribution in [3.05, 3.63) is 0 Å². The van der Waals surface area contributed by atoms with Crippen LogP contribution in [0.3, 0.4) is 0 Å². The lowest BCUT2D eigenvalue weighted by Crippen LogP contribution is -2.32. The maximum Gasteiger partial charge on any atom is 0.255 e. The van der Waals surface area contributed by atoms with Crippen molar-refractivity contribution in [1.29, 1.82) is 0 Å². The topological polar surface area (TPSA) is 32.3 Å². The van der Waals surface area contributed by atoms with E-state index in [1.165, 1.54) is 0 Å². The molecule has 1 amide bonds. The van der Waals surface area contributed by atoms with Crippen molar-refractivity contribution in [2.75, 3.05) is 13.2 Å². The Bertz CT molecular complexity index is 163. The predicted molar refractivity (Wildman–Crippen MR) is 35.2 cm³/mol. The lowest BCUT2D eigenvalue weighted by atomic mass is 10.3.